The predicted octanol–water partition coefficient (Wildman–Crippen LogP) is 3.29. The number of hydroxylamine groups is 2. The molecule has 100 valence electrons. The third-order valence-corrected chi connectivity index (χ3v) is 2.71. The molecule has 8 heteroatoms. The summed E-state index contributed by atoms with van der Waals surface area (Å²) in [4.78, 5) is 16.3. The van der Waals surface area contributed by atoms with E-state index in [0.29, 0.717) is 0 Å². The molecule has 0 saturated heterocycles. The molecule has 1 N–H and O–H groups in total. The second-order valence-corrected chi connectivity index (χ2v) is 4.30. The van der Waals surface area contributed by atoms with Gasteiger partial charge in [-0.15, -0.1) is 12.6 Å². The lowest BCUT2D eigenvalue weighted by atomic mass is 10.2. The highest BCUT2D eigenvalue weighted by Gasteiger charge is 2.28. The quantitative estimate of drug-likeness (QED) is 0.510. The Morgan fingerprint density at radius 2 is 2.17 bits per heavy atom. The molecule has 2 amide bonds. The van der Waals surface area contributed by atoms with Gasteiger partial charge in [-0.1, -0.05) is 0 Å². The largest absolute Gasteiger partial charge is 0.348 e. The number of thiol groups is 1. The van der Waals surface area contributed by atoms with Gasteiger partial charge in [-0.05, 0) is 29.8 Å². The first kappa shape index (κ1) is 15.0. The van der Waals surface area contributed by atoms with Gasteiger partial charge < -0.3 is 5.32 Å². The fourth-order valence-corrected chi connectivity index (χ4v) is 1.48. The standard InChI is InChI=1S/C10H11ClF2N2O2S/c1-15(17-2)9(16)14-7-4-3-6(5-8(7)18)10(11,12)13/h3-5,18H,1-2H3,(H,14,16). The smallest absolute Gasteiger partial charge is 0.305 e. The average molecular weight is 297 g/mol. The van der Waals surface area contributed by atoms with Gasteiger partial charge in [-0.3, -0.25) is 4.84 Å². The number of alkyl halides is 3. The normalized spacial score (nSPS) is 11.2. The number of hydrogen-bond donors (Lipinski definition) is 2. The van der Waals surface area contributed by atoms with Crippen LogP contribution in [0.4, 0.5) is 19.3 Å². The topological polar surface area (TPSA) is 41.6 Å². The number of carbonyl (C=O) groups excluding carboxylic acids is 1. The van der Waals surface area contributed by atoms with Crippen LogP contribution in [0.2, 0.25) is 0 Å². The Kier molecular flexibility index (Phi) is 4.78. The van der Waals surface area contributed by atoms with Crippen LogP contribution in [0.25, 0.3) is 0 Å². The molecule has 4 nitrogen and oxygen atoms in total. The van der Waals surface area contributed by atoms with E-state index in [1.54, 1.807) is 0 Å². The molecule has 0 unspecified atom stereocenters. The van der Waals surface area contributed by atoms with Crippen molar-refractivity contribution in [2.45, 2.75) is 10.3 Å². The first-order valence-electron chi connectivity index (χ1n) is 4.74. The van der Waals surface area contributed by atoms with Crippen molar-refractivity contribution in [3.8, 4) is 0 Å². The van der Waals surface area contributed by atoms with Gasteiger partial charge in [-0.2, -0.15) is 8.78 Å². The van der Waals surface area contributed by atoms with Crippen molar-refractivity contribution in [1.82, 2.24) is 5.06 Å². The maximum atomic E-state index is 12.8. The number of nitrogens with one attached hydrogen (secondary N) is 1. The van der Waals surface area contributed by atoms with Crippen molar-refractivity contribution in [1.29, 1.82) is 0 Å². The van der Waals surface area contributed by atoms with Crippen LogP contribution >= 0.6 is 24.2 Å². The summed E-state index contributed by atoms with van der Waals surface area (Å²) in [5, 5.41) is -0.0900. The summed E-state index contributed by atoms with van der Waals surface area (Å²) in [6.07, 6.45) is 0. The molecule has 0 aliphatic rings. The first-order chi connectivity index (χ1) is 8.25. The minimum atomic E-state index is -3.47. The molecule has 0 radical (unpaired) electrons. The van der Waals surface area contributed by atoms with E-state index in [9.17, 15) is 13.6 Å². The summed E-state index contributed by atoms with van der Waals surface area (Å²) in [6, 6.07) is 2.92. The van der Waals surface area contributed by atoms with Gasteiger partial charge in [0.2, 0.25) is 0 Å². The van der Waals surface area contributed by atoms with Gasteiger partial charge in [0, 0.05) is 17.5 Å². The number of benzene rings is 1. The number of anilines is 1. The molecule has 1 rings (SSSR count). The van der Waals surface area contributed by atoms with Gasteiger partial charge in [0.15, 0.2) is 0 Å². The van der Waals surface area contributed by atoms with E-state index in [4.69, 9.17) is 11.6 Å². The molecule has 0 atom stereocenters. The minimum absolute atomic E-state index is 0.172. The van der Waals surface area contributed by atoms with Gasteiger partial charge in [0.25, 0.3) is 0 Å². The fraction of sp³-hybridized carbons (Fsp3) is 0.300. The Labute approximate surface area is 113 Å². The van der Waals surface area contributed by atoms with E-state index in [2.05, 4.69) is 22.8 Å². The molecule has 1 aromatic carbocycles. The Hall–Kier alpha value is -1.05. The second kappa shape index (κ2) is 5.73. The highest BCUT2D eigenvalue weighted by molar-refractivity contribution is 7.80. The molecule has 0 bridgehead atoms. The van der Waals surface area contributed by atoms with Crippen LogP contribution in [0.1, 0.15) is 5.56 Å². The fourth-order valence-electron chi connectivity index (χ4n) is 1.09. The molecule has 0 saturated carbocycles. The zero-order chi connectivity index (χ0) is 13.9. The molecule has 0 fully saturated rings. The van der Waals surface area contributed by atoms with Crippen LogP contribution in [0.5, 0.6) is 0 Å². The third kappa shape index (κ3) is 3.72. The summed E-state index contributed by atoms with van der Waals surface area (Å²) in [6.45, 7) is 0. The number of urea groups is 1. The lowest BCUT2D eigenvalue weighted by molar-refractivity contribution is -0.0598. The number of rotatable bonds is 3. The molecule has 0 aliphatic heterocycles. The number of hydrogen-bond acceptors (Lipinski definition) is 3. The van der Waals surface area contributed by atoms with Crippen molar-refractivity contribution in [2.24, 2.45) is 0 Å². The Morgan fingerprint density at radius 3 is 2.61 bits per heavy atom. The summed E-state index contributed by atoms with van der Waals surface area (Å²) in [7, 11) is 2.72. The summed E-state index contributed by atoms with van der Waals surface area (Å²) in [5.74, 6) is 0. The lowest BCUT2D eigenvalue weighted by Crippen LogP contribution is -2.30. The van der Waals surface area contributed by atoms with E-state index < -0.39 is 17.0 Å². The highest BCUT2D eigenvalue weighted by atomic mass is 35.5. The zero-order valence-electron chi connectivity index (χ0n) is 9.58. The Balaban J connectivity index is 2.90. The van der Waals surface area contributed by atoms with E-state index in [1.165, 1.54) is 20.2 Å². The molecule has 18 heavy (non-hydrogen) atoms. The van der Waals surface area contributed by atoms with E-state index in [-0.39, 0.29) is 10.6 Å². The lowest BCUT2D eigenvalue weighted by Gasteiger charge is -2.16. The SMILES string of the molecule is CON(C)C(=O)Nc1ccc(C(F)(F)Cl)cc1S. The number of carbonyl (C=O) groups is 1. The molecule has 1 aromatic rings. The number of amides is 2. The van der Waals surface area contributed by atoms with Crippen molar-refractivity contribution >= 4 is 35.9 Å². The van der Waals surface area contributed by atoms with Crippen LogP contribution in [0.15, 0.2) is 23.1 Å². The summed E-state index contributed by atoms with van der Waals surface area (Å²) >= 11 is 8.88. The molecule has 0 aromatic heterocycles. The van der Waals surface area contributed by atoms with E-state index >= 15 is 0 Å². The van der Waals surface area contributed by atoms with Gasteiger partial charge in [0.1, 0.15) is 0 Å². The molecule has 0 heterocycles. The Bertz CT molecular complexity index is 454. The monoisotopic (exact) mass is 296 g/mol. The number of nitrogens with zero attached hydrogens (tertiary/aromatic N) is 1. The van der Waals surface area contributed by atoms with Gasteiger partial charge in [0.05, 0.1) is 12.8 Å². The van der Waals surface area contributed by atoms with Crippen LogP contribution in [0, 0.1) is 0 Å². The maximum absolute atomic E-state index is 12.8. The highest BCUT2D eigenvalue weighted by Crippen LogP contribution is 2.35. The van der Waals surface area contributed by atoms with Crippen LogP contribution in [0.3, 0.4) is 0 Å². The summed E-state index contributed by atoms with van der Waals surface area (Å²) < 4.78 is 25.7. The Morgan fingerprint density at radius 1 is 1.56 bits per heavy atom. The van der Waals surface area contributed by atoms with Crippen molar-refractivity contribution in [2.75, 3.05) is 19.5 Å². The minimum Gasteiger partial charge on any atom is -0.305 e. The van der Waals surface area contributed by atoms with E-state index in [1.807, 2.05) is 0 Å². The average Bonchev–Trinajstić information content (AvgIpc) is 2.29. The van der Waals surface area contributed by atoms with Gasteiger partial charge >= 0.3 is 11.4 Å². The van der Waals surface area contributed by atoms with Crippen LogP contribution in [-0.2, 0) is 10.2 Å². The second-order valence-electron chi connectivity index (χ2n) is 3.34. The molecule has 0 aliphatic carbocycles. The van der Waals surface area contributed by atoms with Crippen molar-refractivity contribution < 1.29 is 18.4 Å². The maximum Gasteiger partial charge on any atom is 0.348 e. The van der Waals surface area contributed by atoms with Crippen molar-refractivity contribution in [3.63, 3.8) is 0 Å². The van der Waals surface area contributed by atoms with Crippen molar-refractivity contribution in [3.05, 3.63) is 23.8 Å². The van der Waals surface area contributed by atoms with Crippen LogP contribution in [-0.4, -0.2) is 25.3 Å². The zero-order valence-corrected chi connectivity index (χ0v) is 11.2. The molecular weight excluding hydrogens is 286 g/mol. The molecule has 0 spiro atoms. The predicted molar refractivity (Wildman–Crippen MR) is 67.2 cm³/mol. The third-order valence-electron chi connectivity index (χ3n) is 2.13. The van der Waals surface area contributed by atoms with Gasteiger partial charge in [-0.25, -0.2) is 9.86 Å². The number of halogens is 3. The molecular formula is C10H11ClF2N2O2S. The first-order valence-corrected chi connectivity index (χ1v) is 5.57. The summed E-state index contributed by atoms with van der Waals surface area (Å²) in [5.41, 5.74) is -0.121. The van der Waals surface area contributed by atoms with Crippen LogP contribution < -0.4 is 5.32 Å². The van der Waals surface area contributed by atoms with E-state index in [0.717, 1.165) is 17.2 Å².